The second kappa shape index (κ2) is 4.84. The van der Waals surface area contributed by atoms with Gasteiger partial charge in [0.25, 0.3) is 0 Å². The highest BCUT2D eigenvalue weighted by atomic mass is 16.6. The average Bonchev–Trinajstić information content (AvgIpc) is 2.78. The number of rotatable bonds is 3. The molecular formula is C11H13N3O3. The highest BCUT2D eigenvalue weighted by molar-refractivity contribution is 6.01. The first kappa shape index (κ1) is 11.4. The number of nitrogens with two attached hydrogens (primary N) is 1. The average molecular weight is 235 g/mol. The van der Waals surface area contributed by atoms with Crippen molar-refractivity contribution in [3.8, 4) is 5.75 Å². The molecule has 6 heteroatoms. The number of nitrogens with zero attached hydrogens (tertiary/aromatic N) is 1. The van der Waals surface area contributed by atoms with E-state index in [1.54, 1.807) is 24.3 Å². The number of benzene rings is 1. The van der Waals surface area contributed by atoms with E-state index in [4.69, 9.17) is 15.8 Å². The maximum atomic E-state index is 11.1. The maximum Gasteiger partial charge on any atom is 0.237 e. The van der Waals surface area contributed by atoms with Gasteiger partial charge in [0.1, 0.15) is 11.9 Å². The number of amides is 1. The maximum absolute atomic E-state index is 11.1. The predicted octanol–water partition coefficient (Wildman–Crippen LogP) is 0.265. The van der Waals surface area contributed by atoms with Gasteiger partial charge in [0, 0.05) is 6.42 Å². The Kier molecular flexibility index (Phi) is 3.24. The summed E-state index contributed by atoms with van der Waals surface area (Å²) in [7, 11) is 0. The monoisotopic (exact) mass is 235 g/mol. The van der Waals surface area contributed by atoms with Gasteiger partial charge in [0.2, 0.25) is 5.91 Å². The molecule has 1 aliphatic heterocycles. The molecule has 1 unspecified atom stereocenters. The van der Waals surface area contributed by atoms with E-state index in [9.17, 15) is 4.79 Å². The molecule has 4 N–H and O–H groups in total. The van der Waals surface area contributed by atoms with E-state index in [-0.39, 0.29) is 24.2 Å². The summed E-state index contributed by atoms with van der Waals surface area (Å²) in [5.74, 6) is 4.91. The number of nitrogens with one attached hydrogen (secondary N) is 1. The minimum atomic E-state index is -0.280. The van der Waals surface area contributed by atoms with Crippen LogP contribution in [0.1, 0.15) is 18.4 Å². The van der Waals surface area contributed by atoms with Crippen molar-refractivity contribution < 1.29 is 14.7 Å². The highest BCUT2D eigenvalue weighted by Gasteiger charge is 2.24. The van der Waals surface area contributed by atoms with Gasteiger partial charge >= 0.3 is 0 Å². The zero-order chi connectivity index (χ0) is 12.3. The summed E-state index contributed by atoms with van der Waals surface area (Å²) in [6.45, 7) is 0. The summed E-state index contributed by atoms with van der Waals surface area (Å²) in [6.07, 6.45) is 0.460. The van der Waals surface area contributed by atoms with Crippen LogP contribution in [0.3, 0.4) is 0 Å². The Morgan fingerprint density at radius 3 is 2.88 bits per heavy atom. The van der Waals surface area contributed by atoms with Crippen LogP contribution in [0.2, 0.25) is 0 Å². The Hall–Kier alpha value is -2.08. The molecule has 0 aromatic heterocycles. The van der Waals surface area contributed by atoms with E-state index in [1.165, 1.54) is 0 Å². The summed E-state index contributed by atoms with van der Waals surface area (Å²) >= 11 is 0. The lowest BCUT2D eigenvalue weighted by Crippen LogP contribution is -2.32. The number of phenolic OH excluding ortho intramolecular Hbond substituents is 1. The van der Waals surface area contributed by atoms with Gasteiger partial charge in [-0.25, -0.2) is 5.84 Å². The number of aromatic hydroxyl groups is 1. The van der Waals surface area contributed by atoms with Crippen LogP contribution in [-0.2, 0) is 9.63 Å². The molecule has 1 aromatic rings. The van der Waals surface area contributed by atoms with Gasteiger partial charge in [0.15, 0.2) is 0 Å². The number of carbonyl (C=O) groups excluding carboxylic acids is 1. The van der Waals surface area contributed by atoms with Crippen LogP contribution in [0, 0.1) is 0 Å². The van der Waals surface area contributed by atoms with Crippen molar-refractivity contribution in [1.29, 1.82) is 0 Å². The normalized spacial score (nSPS) is 18.4. The molecule has 0 bridgehead atoms. The number of oxime groups is 1. The van der Waals surface area contributed by atoms with E-state index in [1.807, 2.05) is 0 Å². The summed E-state index contributed by atoms with van der Waals surface area (Å²) in [4.78, 5) is 16.2. The van der Waals surface area contributed by atoms with E-state index >= 15 is 0 Å². The largest absolute Gasteiger partial charge is 0.508 e. The second-order valence-electron chi connectivity index (χ2n) is 3.79. The van der Waals surface area contributed by atoms with Crippen molar-refractivity contribution >= 4 is 11.6 Å². The molecule has 2 rings (SSSR count). The van der Waals surface area contributed by atoms with Crippen molar-refractivity contribution in [1.82, 2.24) is 5.43 Å². The molecule has 1 atom stereocenters. The lowest BCUT2D eigenvalue weighted by Gasteiger charge is -2.05. The zero-order valence-corrected chi connectivity index (χ0v) is 9.09. The minimum Gasteiger partial charge on any atom is -0.508 e. The van der Waals surface area contributed by atoms with E-state index in [0.29, 0.717) is 6.42 Å². The SMILES string of the molecule is NNC(=O)CC1CC(c2ccc(O)cc2)=NO1. The number of hydrogen-bond acceptors (Lipinski definition) is 5. The van der Waals surface area contributed by atoms with Crippen LogP contribution in [0.5, 0.6) is 5.75 Å². The quantitative estimate of drug-likeness (QED) is 0.398. The number of carbonyl (C=O) groups is 1. The minimum absolute atomic E-state index is 0.182. The molecule has 0 radical (unpaired) electrons. The molecule has 0 fully saturated rings. The zero-order valence-electron chi connectivity index (χ0n) is 9.09. The smallest absolute Gasteiger partial charge is 0.237 e. The van der Waals surface area contributed by atoms with Gasteiger partial charge in [-0.1, -0.05) is 5.16 Å². The summed E-state index contributed by atoms with van der Waals surface area (Å²) in [6, 6.07) is 6.67. The first-order chi connectivity index (χ1) is 8.19. The Balaban J connectivity index is 1.97. The molecule has 0 saturated heterocycles. The predicted molar refractivity (Wildman–Crippen MR) is 61.1 cm³/mol. The number of hydrazine groups is 1. The van der Waals surface area contributed by atoms with Crippen molar-refractivity contribution in [2.45, 2.75) is 18.9 Å². The third-order valence-electron chi connectivity index (χ3n) is 2.51. The van der Waals surface area contributed by atoms with Crippen molar-refractivity contribution in [3.63, 3.8) is 0 Å². The van der Waals surface area contributed by atoms with Crippen molar-refractivity contribution in [2.75, 3.05) is 0 Å². The standard InChI is InChI=1S/C11H13N3O3/c12-13-11(16)6-9-5-10(14-17-9)7-1-3-8(15)4-2-7/h1-4,9,15H,5-6,12H2,(H,13,16). The fourth-order valence-electron chi connectivity index (χ4n) is 1.63. The van der Waals surface area contributed by atoms with Gasteiger partial charge in [-0.2, -0.15) is 0 Å². The molecule has 0 saturated carbocycles. The summed E-state index contributed by atoms with van der Waals surface area (Å²) in [5.41, 5.74) is 3.69. The molecule has 90 valence electrons. The summed E-state index contributed by atoms with van der Waals surface area (Å²) < 4.78 is 0. The fraction of sp³-hybridized carbons (Fsp3) is 0.273. The first-order valence-corrected chi connectivity index (χ1v) is 5.20. The van der Waals surface area contributed by atoms with E-state index < -0.39 is 0 Å². The molecular weight excluding hydrogens is 222 g/mol. The molecule has 0 aliphatic carbocycles. The topological polar surface area (TPSA) is 96.9 Å². The Bertz CT molecular complexity index is 442. The van der Waals surface area contributed by atoms with Crippen LogP contribution < -0.4 is 11.3 Å². The highest BCUT2D eigenvalue weighted by Crippen LogP contribution is 2.20. The molecule has 1 aliphatic rings. The van der Waals surface area contributed by atoms with Gasteiger partial charge in [-0.05, 0) is 29.8 Å². The van der Waals surface area contributed by atoms with E-state index in [2.05, 4.69) is 10.6 Å². The molecule has 1 amide bonds. The van der Waals surface area contributed by atoms with Crippen LogP contribution in [0.4, 0.5) is 0 Å². The van der Waals surface area contributed by atoms with Crippen LogP contribution in [-0.4, -0.2) is 22.8 Å². The van der Waals surface area contributed by atoms with Gasteiger partial charge in [-0.15, -0.1) is 0 Å². The van der Waals surface area contributed by atoms with Crippen molar-refractivity contribution in [2.24, 2.45) is 11.0 Å². The number of hydrogen-bond donors (Lipinski definition) is 3. The molecule has 6 nitrogen and oxygen atoms in total. The van der Waals surface area contributed by atoms with Gasteiger partial charge in [-0.3, -0.25) is 10.2 Å². The molecule has 0 spiro atoms. The summed E-state index contributed by atoms with van der Waals surface area (Å²) in [5, 5.41) is 13.1. The van der Waals surface area contributed by atoms with Crippen LogP contribution in [0.25, 0.3) is 0 Å². The molecule has 1 aromatic carbocycles. The first-order valence-electron chi connectivity index (χ1n) is 5.20. The Labute approximate surface area is 98.0 Å². The van der Waals surface area contributed by atoms with Gasteiger partial charge in [0.05, 0.1) is 12.1 Å². The van der Waals surface area contributed by atoms with Crippen LogP contribution in [0.15, 0.2) is 29.4 Å². The molecule has 17 heavy (non-hydrogen) atoms. The third kappa shape index (κ3) is 2.73. The number of phenols is 1. The Morgan fingerprint density at radius 2 is 2.24 bits per heavy atom. The van der Waals surface area contributed by atoms with E-state index in [0.717, 1.165) is 11.3 Å². The van der Waals surface area contributed by atoms with Gasteiger partial charge < -0.3 is 9.94 Å². The van der Waals surface area contributed by atoms with Crippen molar-refractivity contribution in [3.05, 3.63) is 29.8 Å². The fourth-order valence-corrected chi connectivity index (χ4v) is 1.63. The lowest BCUT2D eigenvalue weighted by atomic mass is 10.0. The van der Waals surface area contributed by atoms with Crippen LogP contribution >= 0.6 is 0 Å². The lowest BCUT2D eigenvalue weighted by molar-refractivity contribution is -0.123. The third-order valence-corrected chi connectivity index (χ3v) is 2.51. The molecule has 1 heterocycles. The second-order valence-corrected chi connectivity index (χ2v) is 3.79. The Morgan fingerprint density at radius 1 is 1.53 bits per heavy atom.